The van der Waals surface area contributed by atoms with Crippen molar-refractivity contribution in [3.63, 3.8) is 0 Å². The molecule has 0 saturated heterocycles. The number of hydrogen-bond donors (Lipinski definition) is 0. The van der Waals surface area contributed by atoms with Crippen molar-refractivity contribution < 1.29 is 0 Å². The lowest BCUT2D eigenvalue weighted by molar-refractivity contribution is 0.246. The van der Waals surface area contributed by atoms with Gasteiger partial charge in [-0.05, 0) is 13.3 Å². The Labute approximate surface area is 92.6 Å². The molecule has 1 atom stereocenters. The second-order valence-corrected chi connectivity index (χ2v) is 4.62. The van der Waals surface area contributed by atoms with Gasteiger partial charge in [0.25, 0.3) is 0 Å². The highest BCUT2D eigenvalue weighted by Crippen LogP contribution is 2.21. The number of hydrogen-bond acceptors (Lipinski definition) is 3. The standard InChI is InChI=1S/C8H15IN2S/c1-8-10(5-3-4-9)6-7-11(8)12-2/h6-8H,3-5H2,1-2H3. The topological polar surface area (TPSA) is 6.48 Å². The zero-order chi connectivity index (χ0) is 8.97. The van der Waals surface area contributed by atoms with Crippen LogP contribution in [0, 0.1) is 0 Å². The molecule has 1 heterocycles. The third-order valence-electron chi connectivity index (χ3n) is 2.01. The van der Waals surface area contributed by atoms with Crippen LogP contribution >= 0.6 is 34.5 Å². The van der Waals surface area contributed by atoms with E-state index in [-0.39, 0.29) is 0 Å². The van der Waals surface area contributed by atoms with E-state index in [9.17, 15) is 0 Å². The van der Waals surface area contributed by atoms with Crippen LogP contribution in [0.4, 0.5) is 0 Å². The van der Waals surface area contributed by atoms with Crippen LogP contribution in [0.15, 0.2) is 12.4 Å². The molecular formula is C8H15IN2S. The Morgan fingerprint density at radius 1 is 1.50 bits per heavy atom. The Morgan fingerprint density at radius 2 is 2.25 bits per heavy atom. The zero-order valence-corrected chi connectivity index (χ0v) is 10.5. The van der Waals surface area contributed by atoms with Crippen LogP contribution < -0.4 is 0 Å². The second kappa shape index (κ2) is 5.21. The van der Waals surface area contributed by atoms with Gasteiger partial charge in [-0.25, -0.2) is 0 Å². The molecule has 0 aromatic rings. The van der Waals surface area contributed by atoms with Crippen molar-refractivity contribution in [2.24, 2.45) is 0 Å². The highest BCUT2D eigenvalue weighted by molar-refractivity contribution is 14.1. The molecule has 0 saturated carbocycles. The first kappa shape index (κ1) is 10.5. The summed E-state index contributed by atoms with van der Waals surface area (Å²) in [6.07, 6.45) is 8.26. The third-order valence-corrected chi connectivity index (χ3v) is 3.63. The van der Waals surface area contributed by atoms with Crippen molar-refractivity contribution in [2.45, 2.75) is 19.5 Å². The summed E-state index contributed by atoms with van der Waals surface area (Å²) in [4.78, 5) is 2.38. The number of halogens is 1. The van der Waals surface area contributed by atoms with E-state index in [1.54, 1.807) is 11.9 Å². The number of nitrogens with zero attached hydrogens (tertiary/aromatic N) is 2. The normalized spacial score (nSPS) is 22.4. The second-order valence-electron chi connectivity index (χ2n) is 2.75. The van der Waals surface area contributed by atoms with Gasteiger partial charge in [-0.15, -0.1) is 0 Å². The van der Waals surface area contributed by atoms with Crippen molar-refractivity contribution in [1.82, 2.24) is 9.21 Å². The summed E-state index contributed by atoms with van der Waals surface area (Å²) in [5, 5.41) is 0. The summed E-state index contributed by atoms with van der Waals surface area (Å²) in [6, 6.07) is 0. The molecule has 12 heavy (non-hydrogen) atoms. The van der Waals surface area contributed by atoms with Gasteiger partial charge >= 0.3 is 0 Å². The zero-order valence-electron chi connectivity index (χ0n) is 7.53. The molecule has 0 bridgehead atoms. The van der Waals surface area contributed by atoms with Gasteiger partial charge in [-0.1, -0.05) is 34.5 Å². The van der Waals surface area contributed by atoms with E-state index in [1.807, 2.05) is 0 Å². The predicted molar refractivity (Wildman–Crippen MR) is 64.2 cm³/mol. The van der Waals surface area contributed by atoms with Gasteiger partial charge in [0.2, 0.25) is 0 Å². The van der Waals surface area contributed by atoms with Gasteiger partial charge in [0.15, 0.2) is 0 Å². The van der Waals surface area contributed by atoms with Crippen LogP contribution in [-0.4, -0.2) is 32.6 Å². The first-order valence-electron chi connectivity index (χ1n) is 4.12. The summed E-state index contributed by atoms with van der Waals surface area (Å²) < 4.78 is 3.52. The van der Waals surface area contributed by atoms with Crippen LogP contribution in [0.2, 0.25) is 0 Å². The molecule has 0 aromatic carbocycles. The average Bonchev–Trinajstić information content (AvgIpc) is 2.43. The molecule has 1 aliphatic rings. The maximum atomic E-state index is 2.43. The van der Waals surface area contributed by atoms with Crippen LogP contribution in [0.1, 0.15) is 13.3 Å². The molecular weight excluding hydrogens is 283 g/mol. The van der Waals surface area contributed by atoms with Crippen molar-refractivity contribution in [1.29, 1.82) is 0 Å². The minimum absolute atomic E-state index is 0.531. The smallest absolute Gasteiger partial charge is 0.108 e. The fourth-order valence-electron chi connectivity index (χ4n) is 1.26. The lowest BCUT2D eigenvalue weighted by atomic mass is 10.4. The summed E-state index contributed by atoms with van der Waals surface area (Å²) >= 11 is 4.21. The van der Waals surface area contributed by atoms with Gasteiger partial charge in [0.1, 0.15) is 6.17 Å². The summed E-state index contributed by atoms with van der Waals surface area (Å²) in [5.41, 5.74) is 0. The molecule has 0 aliphatic carbocycles. The average molecular weight is 298 g/mol. The first-order valence-corrected chi connectivity index (χ1v) is 6.83. The number of rotatable bonds is 4. The molecule has 0 fully saturated rings. The molecule has 1 rings (SSSR count). The van der Waals surface area contributed by atoms with E-state index in [2.05, 4.69) is 57.4 Å². The maximum Gasteiger partial charge on any atom is 0.108 e. The third kappa shape index (κ3) is 2.45. The van der Waals surface area contributed by atoms with E-state index >= 15 is 0 Å². The van der Waals surface area contributed by atoms with Gasteiger partial charge in [0.05, 0.1) is 0 Å². The minimum Gasteiger partial charge on any atom is -0.355 e. The molecule has 0 amide bonds. The first-order chi connectivity index (χ1) is 5.79. The molecule has 4 heteroatoms. The van der Waals surface area contributed by atoms with Crippen LogP contribution in [0.3, 0.4) is 0 Å². The SMILES string of the molecule is CSN1C=CN(CCCI)C1C. The van der Waals surface area contributed by atoms with Gasteiger partial charge in [0, 0.05) is 29.6 Å². The van der Waals surface area contributed by atoms with Crippen LogP contribution in [0.25, 0.3) is 0 Å². The minimum atomic E-state index is 0.531. The van der Waals surface area contributed by atoms with Crippen LogP contribution in [0.5, 0.6) is 0 Å². The van der Waals surface area contributed by atoms with Gasteiger partial charge < -0.3 is 9.21 Å². The van der Waals surface area contributed by atoms with Crippen molar-refractivity contribution in [3.8, 4) is 0 Å². The van der Waals surface area contributed by atoms with E-state index in [1.165, 1.54) is 17.4 Å². The Balaban J connectivity index is 2.34. The van der Waals surface area contributed by atoms with Gasteiger partial charge in [-0.3, -0.25) is 0 Å². The van der Waals surface area contributed by atoms with Crippen molar-refractivity contribution >= 4 is 34.5 Å². The highest BCUT2D eigenvalue weighted by atomic mass is 127. The van der Waals surface area contributed by atoms with E-state index in [0.717, 1.165) is 0 Å². The van der Waals surface area contributed by atoms with Gasteiger partial charge in [-0.2, -0.15) is 0 Å². The van der Waals surface area contributed by atoms with Crippen molar-refractivity contribution in [3.05, 3.63) is 12.4 Å². The number of alkyl halides is 1. The fourth-order valence-corrected chi connectivity index (χ4v) is 2.21. The molecule has 0 spiro atoms. The lowest BCUT2D eigenvalue weighted by Crippen LogP contribution is -2.32. The van der Waals surface area contributed by atoms with Crippen molar-refractivity contribution in [2.75, 3.05) is 17.2 Å². The molecule has 0 N–H and O–H groups in total. The molecule has 1 unspecified atom stereocenters. The summed E-state index contributed by atoms with van der Waals surface area (Å²) in [6.45, 7) is 3.42. The molecule has 2 nitrogen and oxygen atoms in total. The van der Waals surface area contributed by atoms with E-state index in [4.69, 9.17) is 0 Å². The summed E-state index contributed by atoms with van der Waals surface area (Å²) in [7, 11) is 0. The van der Waals surface area contributed by atoms with E-state index < -0.39 is 0 Å². The monoisotopic (exact) mass is 298 g/mol. The lowest BCUT2D eigenvalue weighted by Gasteiger charge is -2.27. The Kier molecular flexibility index (Phi) is 4.56. The molecule has 0 aromatic heterocycles. The fraction of sp³-hybridized carbons (Fsp3) is 0.750. The Hall–Kier alpha value is 0.420. The Morgan fingerprint density at radius 3 is 2.75 bits per heavy atom. The summed E-state index contributed by atoms with van der Waals surface area (Å²) in [5.74, 6) is 0. The van der Waals surface area contributed by atoms with E-state index in [0.29, 0.717) is 6.17 Å². The molecule has 1 aliphatic heterocycles. The largest absolute Gasteiger partial charge is 0.355 e. The maximum absolute atomic E-state index is 2.43. The molecule has 70 valence electrons. The quantitative estimate of drug-likeness (QED) is 0.447. The Bertz CT molecular complexity index is 163. The highest BCUT2D eigenvalue weighted by Gasteiger charge is 2.19. The predicted octanol–water partition coefficient (Wildman–Crippen LogP) is 2.52. The van der Waals surface area contributed by atoms with Crippen LogP contribution in [-0.2, 0) is 0 Å². The molecule has 0 radical (unpaired) electrons.